The van der Waals surface area contributed by atoms with Gasteiger partial charge in [0.25, 0.3) is 0 Å². The molecule has 2 atom stereocenters. The van der Waals surface area contributed by atoms with Crippen LogP contribution in [0.1, 0.15) is 56.5 Å². The van der Waals surface area contributed by atoms with Gasteiger partial charge in [-0.2, -0.15) is 4.57 Å². The summed E-state index contributed by atoms with van der Waals surface area (Å²) in [5.74, 6) is -0.563. The Bertz CT molecular complexity index is 807. The zero-order valence-corrected chi connectivity index (χ0v) is 17.7. The lowest BCUT2D eigenvalue weighted by Crippen LogP contribution is -2.71. The zero-order valence-electron chi connectivity index (χ0n) is 17.0. The van der Waals surface area contributed by atoms with E-state index in [0.717, 1.165) is 0 Å². The summed E-state index contributed by atoms with van der Waals surface area (Å²) in [6, 6.07) is 15.4. The molecule has 29 heavy (non-hydrogen) atoms. The second-order valence-electron chi connectivity index (χ2n) is 7.63. The van der Waals surface area contributed by atoms with E-state index < -0.39 is 16.0 Å². The maximum Gasteiger partial charge on any atom is 0.196 e. The van der Waals surface area contributed by atoms with Crippen molar-refractivity contribution in [3.8, 4) is 0 Å². The van der Waals surface area contributed by atoms with Crippen molar-refractivity contribution in [1.82, 2.24) is 0 Å². The van der Waals surface area contributed by atoms with Crippen molar-refractivity contribution in [2.24, 2.45) is 5.41 Å². The second kappa shape index (κ2) is 7.92. The molecular formula is C21H26ClNO6. The van der Waals surface area contributed by atoms with Crippen LogP contribution in [0.15, 0.2) is 48.7 Å². The van der Waals surface area contributed by atoms with Gasteiger partial charge in [-0.15, -0.1) is 10.2 Å². The molecule has 2 aliphatic heterocycles. The number of aromatic nitrogens is 1. The molecule has 8 heteroatoms. The molecule has 158 valence electrons. The van der Waals surface area contributed by atoms with Crippen molar-refractivity contribution in [3.05, 3.63) is 65.5 Å². The Morgan fingerprint density at radius 2 is 1.41 bits per heavy atom. The Morgan fingerprint density at radius 1 is 0.897 bits per heavy atom. The van der Waals surface area contributed by atoms with Crippen LogP contribution < -0.4 is 23.2 Å². The highest BCUT2D eigenvalue weighted by Crippen LogP contribution is 2.61. The van der Waals surface area contributed by atoms with E-state index in [-0.39, 0.29) is 17.4 Å². The molecule has 1 aromatic carbocycles. The number of pyridine rings is 1. The molecule has 2 bridgehead atoms. The molecular weight excluding hydrogens is 398 g/mol. The van der Waals surface area contributed by atoms with Crippen LogP contribution in [-0.2, 0) is 9.47 Å². The first-order chi connectivity index (χ1) is 13.6. The van der Waals surface area contributed by atoms with Gasteiger partial charge in [-0.05, 0) is 33.3 Å². The van der Waals surface area contributed by atoms with E-state index in [0.29, 0.717) is 13.2 Å². The third kappa shape index (κ3) is 3.68. The topological polar surface area (TPSA) is 115 Å². The van der Waals surface area contributed by atoms with Crippen LogP contribution in [-0.4, -0.2) is 19.0 Å². The zero-order chi connectivity index (χ0) is 21.4. The fourth-order valence-corrected chi connectivity index (χ4v) is 4.99. The van der Waals surface area contributed by atoms with Crippen LogP contribution in [0.3, 0.4) is 0 Å². The van der Waals surface area contributed by atoms with Gasteiger partial charge in [0, 0.05) is 30.9 Å². The van der Waals surface area contributed by atoms with Gasteiger partial charge in [0.05, 0.1) is 5.41 Å². The first-order valence-electron chi connectivity index (χ1n) is 9.57. The molecule has 3 heterocycles. The van der Waals surface area contributed by atoms with Crippen LogP contribution in [0.25, 0.3) is 0 Å². The molecule has 1 aliphatic carbocycles. The molecule has 0 saturated carbocycles. The number of fused-ring (bicyclic) bond motifs is 1. The SMILES string of the molecule is CCOC1(OCC)C2c3ccccc3C([n+]3ccccc32)C1(C)C.[O-][Cl+3]([O-])([O-])[O-]. The van der Waals surface area contributed by atoms with E-state index in [2.05, 4.69) is 80.9 Å². The van der Waals surface area contributed by atoms with Crippen LogP contribution in [0.2, 0.25) is 0 Å². The van der Waals surface area contributed by atoms with Gasteiger partial charge >= 0.3 is 0 Å². The number of ether oxygens (including phenoxy) is 2. The minimum atomic E-state index is -4.94. The van der Waals surface area contributed by atoms with Gasteiger partial charge in [0.15, 0.2) is 23.7 Å². The van der Waals surface area contributed by atoms with E-state index >= 15 is 0 Å². The Hall–Kier alpha value is -1.58. The highest BCUT2D eigenvalue weighted by molar-refractivity contribution is 5.45. The molecule has 0 radical (unpaired) electrons. The van der Waals surface area contributed by atoms with E-state index in [1.165, 1.54) is 16.8 Å². The van der Waals surface area contributed by atoms with Crippen molar-refractivity contribution in [3.63, 3.8) is 0 Å². The van der Waals surface area contributed by atoms with Gasteiger partial charge < -0.3 is 9.47 Å². The Balaban J connectivity index is 0.000000431. The van der Waals surface area contributed by atoms with Crippen LogP contribution in [0.4, 0.5) is 0 Å². The standard InChI is InChI=1S/C21H26NO2.ClHO4/c1-5-23-21(24-6-2)18-15-11-7-8-12-16(15)19(20(21,3)4)22-14-10-9-13-17(18)22;2-1(3,4)5/h7-14,18-19H,5-6H2,1-4H3;(H,2,3,4,5)/q+1;/p-1. The van der Waals surface area contributed by atoms with Gasteiger partial charge in [-0.1, -0.05) is 30.3 Å². The summed E-state index contributed by atoms with van der Waals surface area (Å²) in [6.07, 6.45) is 2.20. The first kappa shape index (κ1) is 22.1. The lowest BCUT2D eigenvalue weighted by molar-refractivity contribution is -2.00. The maximum atomic E-state index is 8.49. The summed E-state index contributed by atoms with van der Waals surface area (Å²) in [4.78, 5) is 0. The minimum Gasteiger partial charge on any atom is -0.348 e. The van der Waals surface area contributed by atoms with Gasteiger partial charge in [-0.25, -0.2) is 18.6 Å². The quantitative estimate of drug-likeness (QED) is 0.463. The number of rotatable bonds is 4. The number of benzene rings is 1. The third-order valence-corrected chi connectivity index (χ3v) is 5.78. The van der Waals surface area contributed by atoms with Crippen LogP contribution >= 0.6 is 0 Å². The lowest BCUT2D eigenvalue weighted by atomic mass is 9.57. The highest BCUT2D eigenvalue weighted by Gasteiger charge is 2.70. The number of nitrogens with zero attached hydrogens (tertiary/aromatic N) is 1. The Kier molecular flexibility index (Phi) is 6.04. The number of hydrogen-bond acceptors (Lipinski definition) is 6. The summed E-state index contributed by atoms with van der Waals surface area (Å²) >= 11 is 0. The minimum absolute atomic E-state index is 0.0785. The maximum absolute atomic E-state index is 8.49. The molecule has 0 N–H and O–H groups in total. The third-order valence-electron chi connectivity index (χ3n) is 5.78. The fourth-order valence-electron chi connectivity index (χ4n) is 4.99. The van der Waals surface area contributed by atoms with Crippen molar-refractivity contribution >= 4 is 0 Å². The Labute approximate surface area is 172 Å². The number of hydrogen-bond donors (Lipinski definition) is 0. The largest absolute Gasteiger partial charge is 0.348 e. The summed E-state index contributed by atoms with van der Waals surface area (Å²) in [7, 11) is -4.94. The van der Waals surface area contributed by atoms with Crippen LogP contribution in [0, 0.1) is 15.7 Å². The van der Waals surface area contributed by atoms with Gasteiger partial charge in [0.2, 0.25) is 0 Å². The second-order valence-corrected chi connectivity index (χ2v) is 8.39. The van der Waals surface area contributed by atoms with Crippen molar-refractivity contribution in [2.45, 2.75) is 45.4 Å². The monoisotopic (exact) mass is 423 g/mol. The summed E-state index contributed by atoms with van der Waals surface area (Å²) < 4.78 is 49.3. The first-order valence-corrected chi connectivity index (χ1v) is 10.8. The lowest BCUT2D eigenvalue weighted by Gasteiger charge is -2.57. The molecule has 0 fully saturated rings. The molecule has 0 saturated heterocycles. The predicted octanol–water partition coefficient (Wildman–Crippen LogP) is -0.938. The van der Waals surface area contributed by atoms with E-state index in [1.807, 2.05) is 0 Å². The molecule has 5 rings (SSSR count). The molecule has 3 aliphatic rings. The average molecular weight is 424 g/mol. The molecule has 0 spiro atoms. The molecule has 0 amide bonds. The smallest absolute Gasteiger partial charge is 0.196 e. The summed E-state index contributed by atoms with van der Waals surface area (Å²) in [5, 5.41) is 0. The van der Waals surface area contributed by atoms with Crippen LogP contribution in [0.5, 0.6) is 0 Å². The molecule has 2 unspecified atom stereocenters. The Morgan fingerprint density at radius 3 is 1.97 bits per heavy atom. The van der Waals surface area contributed by atoms with E-state index in [1.54, 1.807) is 0 Å². The van der Waals surface area contributed by atoms with Gasteiger partial charge in [-0.3, -0.25) is 0 Å². The van der Waals surface area contributed by atoms with Gasteiger partial charge in [0.1, 0.15) is 5.92 Å². The average Bonchev–Trinajstić information content (AvgIpc) is 2.63. The summed E-state index contributed by atoms with van der Waals surface area (Å²) in [6.45, 7) is 9.97. The molecule has 7 nitrogen and oxygen atoms in total. The number of halogens is 1. The molecule has 1 aromatic heterocycles. The van der Waals surface area contributed by atoms with Crippen molar-refractivity contribution in [2.75, 3.05) is 13.2 Å². The van der Waals surface area contributed by atoms with Crippen molar-refractivity contribution < 1.29 is 42.9 Å². The van der Waals surface area contributed by atoms with E-state index in [9.17, 15) is 0 Å². The molecule has 2 aromatic rings. The predicted molar refractivity (Wildman–Crippen MR) is 92.8 cm³/mol. The normalized spacial score (nSPS) is 22.9. The highest BCUT2D eigenvalue weighted by atomic mass is 35.7. The van der Waals surface area contributed by atoms with E-state index in [4.69, 9.17) is 28.1 Å². The fraction of sp³-hybridized carbons (Fsp3) is 0.476. The van der Waals surface area contributed by atoms with Crippen molar-refractivity contribution in [1.29, 1.82) is 0 Å². The summed E-state index contributed by atoms with van der Waals surface area (Å²) in [5.41, 5.74) is 3.83.